The van der Waals surface area contributed by atoms with Crippen molar-refractivity contribution in [1.29, 1.82) is 0 Å². The second-order valence-electron chi connectivity index (χ2n) is 9.58. The number of hydrogen-bond donors (Lipinski definition) is 0. The van der Waals surface area contributed by atoms with Gasteiger partial charge in [0.2, 0.25) is 0 Å². The van der Waals surface area contributed by atoms with Gasteiger partial charge in [0.1, 0.15) is 5.75 Å². The van der Waals surface area contributed by atoms with Crippen molar-refractivity contribution in [3.63, 3.8) is 0 Å². The number of rotatable bonds is 13. The first-order valence-electron chi connectivity index (χ1n) is 13.0. The van der Waals surface area contributed by atoms with Gasteiger partial charge >= 0.3 is 0 Å². The maximum absolute atomic E-state index is 6.14. The van der Waals surface area contributed by atoms with E-state index in [0.717, 1.165) is 41.9 Å². The molecule has 1 aromatic carbocycles. The number of hydrogen-bond acceptors (Lipinski definition) is 2. The fraction of sp³-hybridized carbons (Fsp3) is 0.621. The van der Waals surface area contributed by atoms with Crippen molar-refractivity contribution in [2.24, 2.45) is 11.8 Å². The average Bonchev–Trinajstić information content (AvgIpc) is 2.83. The Labute approximate surface area is 190 Å². The maximum atomic E-state index is 6.14. The molecular formula is C29H43NO. The molecule has 1 saturated carbocycles. The normalized spacial score (nSPS) is 18.8. The Hall–Kier alpha value is -1.83. The van der Waals surface area contributed by atoms with Gasteiger partial charge in [-0.05, 0) is 73.4 Å². The highest BCUT2D eigenvalue weighted by Gasteiger charge is 2.21. The molecule has 31 heavy (non-hydrogen) atoms. The summed E-state index contributed by atoms with van der Waals surface area (Å²) in [5.74, 6) is 2.69. The van der Waals surface area contributed by atoms with E-state index >= 15 is 0 Å². The Kier molecular flexibility index (Phi) is 10.4. The number of nitrogens with zero attached hydrogens (tertiary/aromatic N) is 1. The Morgan fingerprint density at radius 1 is 0.774 bits per heavy atom. The standard InChI is InChI=1S/C29H43NO/c1-3-5-7-8-9-11-24-12-14-26(15-13-24)23-31-28-19-17-27(18-20-28)29-21-16-25(22-30-29)10-6-4-2/h16-22,24,26H,3-15,23H2,1-2H3/t24-,26-. The molecule has 2 aromatic rings. The first-order chi connectivity index (χ1) is 15.3. The van der Waals surface area contributed by atoms with Crippen LogP contribution in [0, 0.1) is 11.8 Å². The van der Waals surface area contributed by atoms with Gasteiger partial charge in [0.25, 0.3) is 0 Å². The summed E-state index contributed by atoms with van der Waals surface area (Å²) in [6.45, 7) is 5.39. The van der Waals surface area contributed by atoms with Crippen LogP contribution >= 0.6 is 0 Å². The van der Waals surface area contributed by atoms with E-state index in [9.17, 15) is 0 Å². The van der Waals surface area contributed by atoms with Crippen LogP contribution in [0.2, 0.25) is 0 Å². The van der Waals surface area contributed by atoms with Gasteiger partial charge in [-0.15, -0.1) is 0 Å². The van der Waals surface area contributed by atoms with Crippen LogP contribution in [-0.4, -0.2) is 11.6 Å². The second kappa shape index (κ2) is 13.6. The van der Waals surface area contributed by atoms with Crippen molar-refractivity contribution < 1.29 is 4.74 Å². The van der Waals surface area contributed by atoms with Crippen molar-refractivity contribution in [3.8, 4) is 17.0 Å². The number of pyridine rings is 1. The van der Waals surface area contributed by atoms with E-state index in [1.807, 2.05) is 6.20 Å². The van der Waals surface area contributed by atoms with Crippen LogP contribution in [0.15, 0.2) is 42.6 Å². The molecule has 0 saturated heterocycles. The van der Waals surface area contributed by atoms with Crippen LogP contribution in [0.4, 0.5) is 0 Å². The molecule has 0 bridgehead atoms. The molecule has 1 aliphatic carbocycles. The number of benzene rings is 1. The highest BCUT2D eigenvalue weighted by Crippen LogP contribution is 2.32. The monoisotopic (exact) mass is 421 g/mol. The molecule has 0 aliphatic heterocycles. The van der Waals surface area contributed by atoms with Gasteiger partial charge < -0.3 is 4.74 Å². The van der Waals surface area contributed by atoms with Crippen molar-refractivity contribution in [1.82, 2.24) is 4.98 Å². The van der Waals surface area contributed by atoms with Crippen LogP contribution in [0.3, 0.4) is 0 Å². The molecular weight excluding hydrogens is 378 g/mol. The van der Waals surface area contributed by atoms with Crippen LogP contribution in [0.25, 0.3) is 11.3 Å². The lowest BCUT2D eigenvalue weighted by Crippen LogP contribution is -2.20. The molecule has 3 rings (SSSR count). The summed E-state index contributed by atoms with van der Waals surface area (Å²) in [4.78, 5) is 4.65. The van der Waals surface area contributed by atoms with E-state index in [0.29, 0.717) is 0 Å². The summed E-state index contributed by atoms with van der Waals surface area (Å²) >= 11 is 0. The largest absolute Gasteiger partial charge is 0.493 e. The lowest BCUT2D eigenvalue weighted by molar-refractivity contribution is 0.177. The summed E-state index contributed by atoms with van der Waals surface area (Å²) < 4.78 is 6.14. The lowest BCUT2D eigenvalue weighted by atomic mass is 9.80. The van der Waals surface area contributed by atoms with E-state index in [-0.39, 0.29) is 0 Å². The molecule has 0 amide bonds. The lowest BCUT2D eigenvalue weighted by Gasteiger charge is -2.28. The predicted molar refractivity (Wildman–Crippen MR) is 133 cm³/mol. The van der Waals surface area contributed by atoms with Crippen molar-refractivity contribution >= 4 is 0 Å². The zero-order valence-electron chi connectivity index (χ0n) is 20.0. The van der Waals surface area contributed by atoms with E-state index in [4.69, 9.17) is 4.74 Å². The summed E-state index contributed by atoms with van der Waals surface area (Å²) in [7, 11) is 0. The number of aromatic nitrogens is 1. The van der Waals surface area contributed by atoms with Gasteiger partial charge in [0.15, 0.2) is 0 Å². The molecule has 0 spiro atoms. The van der Waals surface area contributed by atoms with Gasteiger partial charge in [-0.3, -0.25) is 4.98 Å². The molecule has 1 heterocycles. The van der Waals surface area contributed by atoms with E-state index < -0.39 is 0 Å². The molecule has 0 atom stereocenters. The van der Waals surface area contributed by atoms with Crippen molar-refractivity contribution in [3.05, 3.63) is 48.2 Å². The molecule has 0 radical (unpaired) electrons. The van der Waals surface area contributed by atoms with Crippen LogP contribution in [-0.2, 0) is 6.42 Å². The number of unbranched alkanes of at least 4 members (excludes halogenated alkanes) is 5. The molecule has 2 nitrogen and oxygen atoms in total. The quantitative estimate of drug-likeness (QED) is 0.302. The maximum Gasteiger partial charge on any atom is 0.119 e. The van der Waals surface area contributed by atoms with Crippen LogP contribution in [0.1, 0.15) is 96.5 Å². The predicted octanol–water partition coefficient (Wildman–Crippen LogP) is 8.64. The Morgan fingerprint density at radius 3 is 2.16 bits per heavy atom. The molecule has 1 aromatic heterocycles. The summed E-state index contributed by atoms with van der Waals surface area (Å²) in [5, 5.41) is 0. The van der Waals surface area contributed by atoms with E-state index in [2.05, 4.69) is 55.2 Å². The molecule has 170 valence electrons. The summed E-state index contributed by atoms with van der Waals surface area (Å²) in [6, 6.07) is 12.8. The SMILES string of the molecule is CCCCCCC[C@H]1CC[C@H](COc2ccc(-c3ccc(CCCC)cn3)cc2)CC1. The Balaban J connectivity index is 1.36. The van der Waals surface area contributed by atoms with E-state index in [1.54, 1.807) is 0 Å². The summed E-state index contributed by atoms with van der Waals surface area (Å²) in [6.07, 6.45) is 19.6. The zero-order valence-corrected chi connectivity index (χ0v) is 20.0. The number of aryl methyl sites for hydroxylation is 1. The highest BCUT2D eigenvalue weighted by atomic mass is 16.5. The Bertz CT molecular complexity index is 713. The fourth-order valence-electron chi connectivity index (χ4n) is 4.78. The van der Waals surface area contributed by atoms with Crippen molar-refractivity contribution in [2.75, 3.05) is 6.61 Å². The fourth-order valence-corrected chi connectivity index (χ4v) is 4.78. The zero-order chi connectivity index (χ0) is 21.7. The second-order valence-corrected chi connectivity index (χ2v) is 9.58. The third-order valence-electron chi connectivity index (χ3n) is 6.96. The average molecular weight is 422 g/mol. The smallest absolute Gasteiger partial charge is 0.119 e. The first kappa shape index (κ1) is 23.8. The molecule has 0 unspecified atom stereocenters. The van der Waals surface area contributed by atoms with Crippen LogP contribution < -0.4 is 4.74 Å². The van der Waals surface area contributed by atoms with Gasteiger partial charge in [0, 0.05) is 11.8 Å². The van der Waals surface area contributed by atoms with E-state index in [1.165, 1.54) is 82.6 Å². The van der Waals surface area contributed by atoms with Gasteiger partial charge in [0.05, 0.1) is 12.3 Å². The summed E-state index contributed by atoms with van der Waals surface area (Å²) in [5.41, 5.74) is 3.53. The minimum atomic E-state index is 0.730. The first-order valence-corrected chi connectivity index (χ1v) is 13.0. The topological polar surface area (TPSA) is 22.1 Å². The Morgan fingerprint density at radius 2 is 1.48 bits per heavy atom. The van der Waals surface area contributed by atoms with Crippen molar-refractivity contribution in [2.45, 2.75) is 97.3 Å². The highest BCUT2D eigenvalue weighted by molar-refractivity contribution is 5.60. The minimum absolute atomic E-state index is 0.730. The van der Waals surface area contributed by atoms with Crippen LogP contribution in [0.5, 0.6) is 5.75 Å². The molecule has 0 N–H and O–H groups in total. The molecule has 1 fully saturated rings. The minimum Gasteiger partial charge on any atom is -0.493 e. The number of ether oxygens (including phenoxy) is 1. The van der Waals surface area contributed by atoms with Gasteiger partial charge in [-0.1, -0.05) is 77.7 Å². The molecule has 2 heteroatoms. The van der Waals surface area contributed by atoms with Gasteiger partial charge in [-0.25, -0.2) is 0 Å². The third kappa shape index (κ3) is 8.31. The molecule has 1 aliphatic rings. The van der Waals surface area contributed by atoms with Gasteiger partial charge in [-0.2, -0.15) is 0 Å². The third-order valence-corrected chi connectivity index (χ3v) is 6.96.